The molecule has 408 valence electrons. The monoisotopic (exact) mass is 1080 g/mol. The molecule has 77 heavy (non-hydrogen) atoms. The SMILES string of the molecule is Cc1ccc(NC(=O)Nc2ccc(C(C)Cc3ccc(Oc4ncccc4NC(=O)Nc4ccc(OC(F)(F)F)cc4)c(C4(C(F)(F)F)CCN4CC(C)(C)C)c3)cc2F)c(Oc2ccccc2C2(C(F)(F)F)CCO2)n1. The van der Waals surface area contributed by atoms with E-state index in [0.717, 1.165) is 24.3 Å². The van der Waals surface area contributed by atoms with Gasteiger partial charge in [0.25, 0.3) is 0 Å². The van der Waals surface area contributed by atoms with E-state index >= 15 is 17.6 Å². The number of pyridine rings is 2. The zero-order valence-electron chi connectivity index (χ0n) is 41.9. The minimum atomic E-state index is -4.93. The second-order valence-electron chi connectivity index (χ2n) is 19.8. The summed E-state index contributed by atoms with van der Waals surface area (Å²) in [5, 5.41) is 9.90. The number of alkyl halides is 9. The summed E-state index contributed by atoms with van der Waals surface area (Å²) < 4.78 is 165. The highest BCUT2D eigenvalue weighted by molar-refractivity contribution is 6.01. The summed E-state index contributed by atoms with van der Waals surface area (Å²) in [6, 6.07) is 22.0. The number of aryl methyl sites for hydroxylation is 1. The van der Waals surface area contributed by atoms with E-state index in [9.17, 15) is 35.9 Å². The number of nitrogens with zero attached hydrogens (tertiary/aromatic N) is 3. The number of para-hydroxylation sites is 1. The molecule has 0 aliphatic carbocycles. The first-order valence-electron chi connectivity index (χ1n) is 24.0. The Labute approximate surface area is 435 Å². The summed E-state index contributed by atoms with van der Waals surface area (Å²) in [7, 11) is 0. The van der Waals surface area contributed by atoms with Crippen LogP contribution >= 0.6 is 0 Å². The van der Waals surface area contributed by atoms with Crippen LogP contribution in [0.3, 0.4) is 0 Å². The lowest BCUT2D eigenvalue weighted by Gasteiger charge is -2.55. The lowest BCUT2D eigenvalue weighted by atomic mass is 9.74. The number of urea groups is 2. The van der Waals surface area contributed by atoms with E-state index in [-0.39, 0.29) is 96.1 Å². The van der Waals surface area contributed by atoms with E-state index in [1.165, 1.54) is 90.0 Å². The van der Waals surface area contributed by atoms with Gasteiger partial charge in [0.05, 0.1) is 12.3 Å². The number of aromatic nitrogens is 2. The quantitative estimate of drug-likeness (QED) is 0.0738. The van der Waals surface area contributed by atoms with Gasteiger partial charge in [-0.2, -0.15) is 26.3 Å². The average molecular weight is 1080 g/mol. The summed E-state index contributed by atoms with van der Waals surface area (Å²) in [6.07, 6.45) is -13.8. The number of nitrogens with one attached hydrogen (secondary N) is 4. The van der Waals surface area contributed by atoms with Crippen molar-refractivity contribution in [2.45, 2.75) is 89.7 Å². The molecule has 3 atom stereocenters. The van der Waals surface area contributed by atoms with E-state index in [2.05, 4.69) is 36.0 Å². The number of carbonyl (C=O) groups is 2. The molecule has 4 heterocycles. The highest BCUT2D eigenvalue weighted by Gasteiger charge is 2.66. The summed E-state index contributed by atoms with van der Waals surface area (Å²) in [5.41, 5.74) is -5.21. The lowest BCUT2D eigenvalue weighted by molar-refractivity contribution is -0.333. The number of benzene rings is 4. The molecule has 6 aromatic rings. The zero-order valence-corrected chi connectivity index (χ0v) is 41.9. The summed E-state index contributed by atoms with van der Waals surface area (Å²) in [4.78, 5) is 36.3. The number of hydrogen-bond acceptors (Lipinski definition) is 9. The minimum absolute atomic E-state index is 0.0518. The van der Waals surface area contributed by atoms with Gasteiger partial charge in [0.1, 0.15) is 40.0 Å². The number of hydrogen-bond donors (Lipinski definition) is 4. The normalized spacial score (nSPS) is 18.3. The highest BCUT2D eigenvalue weighted by Crippen LogP contribution is 2.57. The third-order valence-electron chi connectivity index (χ3n) is 12.9. The molecule has 0 radical (unpaired) electrons. The highest BCUT2D eigenvalue weighted by atomic mass is 19.4. The van der Waals surface area contributed by atoms with Crippen LogP contribution in [-0.4, -0.2) is 65.3 Å². The number of anilines is 4. The van der Waals surface area contributed by atoms with Crippen LogP contribution in [0.15, 0.2) is 115 Å². The Morgan fingerprint density at radius 3 is 1.96 bits per heavy atom. The molecule has 4 amide bonds. The van der Waals surface area contributed by atoms with Crippen molar-refractivity contribution in [2.24, 2.45) is 5.41 Å². The predicted molar refractivity (Wildman–Crippen MR) is 265 cm³/mol. The molecule has 0 bridgehead atoms. The predicted octanol–water partition coefficient (Wildman–Crippen LogP) is 14.7. The Morgan fingerprint density at radius 1 is 0.714 bits per heavy atom. The second-order valence-corrected chi connectivity index (χ2v) is 19.8. The molecule has 13 nitrogen and oxygen atoms in total. The van der Waals surface area contributed by atoms with Crippen LogP contribution in [0.2, 0.25) is 0 Å². The Balaban J connectivity index is 1.00. The van der Waals surface area contributed by atoms with E-state index in [1.54, 1.807) is 19.9 Å². The largest absolute Gasteiger partial charge is 0.573 e. The molecule has 4 aromatic carbocycles. The van der Waals surface area contributed by atoms with Crippen LogP contribution in [0.25, 0.3) is 0 Å². The number of carbonyl (C=O) groups excluding carboxylic acids is 2. The fourth-order valence-corrected chi connectivity index (χ4v) is 9.15. The summed E-state index contributed by atoms with van der Waals surface area (Å²) in [5.74, 6) is -2.84. The maximum atomic E-state index is 15.9. The van der Waals surface area contributed by atoms with Gasteiger partial charge < -0.3 is 40.2 Å². The van der Waals surface area contributed by atoms with E-state index in [1.807, 2.05) is 20.8 Å². The van der Waals surface area contributed by atoms with Crippen LogP contribution in [0.5, 0.6) is 29.0 Å². The third-order valence-corrected chi connectivity index (χ3v) is 12.9. The first-order chi connectivity index (χ1) is 36.1. The van der Waals surface area contributed by atoms with Gasteiger partial charge >= 0.3 is 30.8 Å². The average Bonchev–Trinajstić information content (AvgIpc) is 3.31. The van der Waals surface area contributed by atoms with E-state index in [0.29, 0.717) is 16.8 Å². The third kappa shape index (κ3) is 12.5. The van der Waals surface area contributed by atoms with Gasteiger partial charge in [-0.05, 0) is 121 Å². The van der Waals surface area contributed by atoms with Crippen molar-refractivity contribution in [3.05, 3.63) is 149 Å². The van der Waals surface area contributed by atoms with Gasteiger partial charge in [0.15, 0.2) is 5.60 Å². The van der Waals surface area contributed by atoms with Crippen molar-refractivity contribution in [1.29, 1.82) is 0 Å². The van der Waals surface area contributed by atoms with E-state index < -0.39 is 64.8 Å². The van der Waals surface area contributed by atoms with Crippen molar-refractivity contribution in [2.75, 3.05) is 41.0 Å². The molecular weight excluding hydrogens is 1030 g/mol. The zero-order chi connectivity index (χ0) is 55.7. The standard InChI is InChI=1S/C54H51F10N7O6/c1-31(34-14-20-40(39(55)29-34)68-48(73)70-42-19-12-32(2)66-46(42)76-43-11-7-6-9-37(43)51(23-26-74-51)53(59,60)61)27-33-13-21-44(38(28-33)50(52(56,57)58)22-25-71(50)30-49(3,4)5)75-45-41(10-8-24-65-45)69-47(72)67-35-15-17-36(18-16-35)77-54(62,63)64/h6-21,24,28-29,31H,22-23,25-27,30H2,1-5H3,(H2,67,69,72)(H2,68,70,73). The fourth-order valence-electron chi connectivity index (χ4n) is 9.15. The van der Waals surface area contributed by atoms with Gasteiger partial charge in [0, 0.05) is 48.2 Å². The Hall–Kier alpha value is -7.66. The van der Waals surface area contributed by atoms with Crippen molar-refractivity contribution in [1.82, 2.24) is 14.9 Å². The molecular formula is C54H51F10N7O6. The molecule has 2 aliphatic heterocycles. The van der Waals surface area contributed by atoms with Crippen LogP contribution in [0, 0.1) is 18.2 Å². The van der Waals surface area contributed by atoms with Crippen LogP contribution in [0.1, 0.15) is 74.4 Å². The number of halogens is 10. The molecule has 2 fully saturated rings. The summed E-state index contributed by atoms with van der Waals surface area (Å²) in [6.45, 7) is 8.85. The molecule has 0 spiro atoms. The second kappa shape index (κ2) is 21.4. The molecule has 23 heteroatoms. The van der Waals surface area contributed by atoms with Crippen LogP contribution < -0.4 is 35.5 Å². The maximum absolute atomic E-state index is 15.9. The maximum Gasteiger partial charge on any atom is 0.573 e. The van der Waals surface area contributed by atoms with Crippen molar-refractivity contribution in [3.8, 4) is 29.0 Å². The van der Waals surface area contributed by atoms with E-state index in [4.69, 9.17) is 14.2 Å². The van der Waals surface area contributed by atoms with Crippen molar-refractivity contribution in [3.63, 3.8) is 0 Å². The minimum Gasteiger partial charge on any atom is -0.437 e. The Kier molecular flexibility index (Phi) is 15.4. The first kappa shape index (κ1) is 55.6. The topological polar surface area (TPSA) is 148 Å². The number of likely N-dealkylation sites (tertiary alicyclic amines) is 1. The van der Waals surface area contributed by atoms with Gasteiger partial charge in [-0.25, -0.2) is 23.9 Å². The smallest absolute Gasteiger partial charge is 0.437 e. The molecule has 0 saturated carbocycles. The van der Waals surface area contributed by atoms with Gasteiger partial charge in [0.2, 0.25) is 11.8 Å². The Morgan fingerprint density at radius 2 is 1.35 bits per heavy atom. The van der Waals surface area contributed by atoms with Gasteiger partial charge in [-0.15, -0.1) is 13.2 Å². The van der Waals surface area contributed by atoms with Gasteiger partial charge in [-0.1, -0.05) is 58.0 Å². The number of rotatable bonds is 15. The first-order valence-corrected chi connectivity index (χ1v) is 24.0. The van der Waals surface area contributed by atoms with Crippen molar-refractivity contribution < 1.29 is 72.4 Å². The lowest BCUT2D eigenvalue weighted by Crippen LogP contribution is -2.66. The molecule has 8 rings (SSSR count). The number of ether oxygens (including phenoxy) is 4. The number of amides is 4. The van der Waals surface area contributed by atoms with Gasteiger partial charge in [-0.3, -0.25) is 4.90 Å². The molecule has 2 aliphatic rings. The van der Waals surface area contributed by atoms with Crippen LogP contribution in [-0.2, 0) is 22.3 Å². The van der Waals surface area contributed by atoms with Crippen LogP contribution in [0.4, 0.5) is 76.2 Å². The fraction of sp³-hybridized carbons (Fsp3) is 0.333. The molecule has 2 aromatic heterocycles. The molecule has 3 unspecified atom stereocenters. The Bertz CT molecular complexity index is 3130. The molecule has 2 saturated heterocycles. The van der Waals surface area contributed by atoms with Crippen molar-refractivity contribution >= 4 is 34.8 Å². The molecule has 4 N–H and O–H groups in total. The summed E-state index contributed by atoms with van der Waals surface area (Å²) >= 11 is 0.